The van der Waals surface area contributed by atoms with Crippen LogP contribution in [0.25, 0.3) is 0 Å². The van der Waals surface area contributed by atoms with Crippen LogP contribution in [0.3, 0.4) is 0 Å². The summed E-state index contributed by atoms with van der Waals surface area (Å²) >= 11 is 0. The normalized spacial score (nSPS) is 14.8. The van der Waals surface area contributed by atoms with Gasteiger partial charge in [0.2, 0.25) is 0 Å². The first-order valence-corrected chi connectivity index (χ1v) is 7.37. The minimum atomic E-state index is -4.35. The lowest BCUT2D eigenvalue weighted by molar-refractivity contribution is -0.137. The van der Waals surface area contributed by atoms with Crippen LogP contribution >= 0.6 is 0 Å². The molecule has 1 aromatic heterocycles. The van der Waals surface area contributed by atoms with Gasteiger partial charge in [-0.15, -0.1) is 0 Å². The lowest BCUT2D eigenvalue weighted by Gasteiger charge is -2.22. The summed E-state index contributed by atoms with van der Waals surface area (Å²) in [5.41, 5.74) is 0.499. The Morgan fingerprint density at radius 2 is 1.87 bits per heavy atom. The predicted octanol–water partition coefficient (Wildman–Crippen LogP) is 4.41. The van der Waals surface area contributed by atoms with E-state index in [-0.39, 0.29) is 11.9 Å². The highest BCUT2D eigenvalue weighted by molar-refractivity contribution is 5.95. The third-order valence-electron chi connectivity index (χ3n) is 3.97. The fourth-order valence-electron chi connectivity index (χ4n) is 2.51. The van der Waals surface area contributed by atoms with Crippen LogP contribution in [0.5, 0.6) is 0 Å². The molecule has 0 unspecified atom stereocenters. The van der Waals surface area contributed by atoms with Crippen LogP contribution in [-0.4, -0.2) is 16.8 Å². The maximum Gasteiger partial charge on any atom is 0.416 e. The number of carbonyl (C=O) groups is 1. The van der Waals surface area contributed by atoms with Crippen LogP contribution in [0.2, 0.25) is 0 Å². The summed E-state index contributed by atoms with van der Waals surface area (Å²) in [5, 5.41) is 0. The molecule has 0 N–H and O–H groups in total. The zero-order valence-corrected chi connectivity index (χ0v) is 12.6. The van der Waals surface area contributed by atoms with Gasteiger partial charge in [0.05, 0.1) is 17.4 Å². The summed E-state index contributed by atoms with van der Waals surface area (Å²) in [7, 11) is 0. The van der Waals surface area contributed by atoms with Crippen molar-refractivity contribution >= 4 is 5.91 Å². The number of alkyl halides is 3. The van der Waals surface area contributed by atoms with E-state index in [9.17, 15) is 18.0 Å². The van der Waals surface area contributed by atoms with Crippen LogP contribution in [0.15, 0.2) is 41.0 Å². The summed E-state index contributed by atoms with van der Waals surface area (Å²) in [4.78, 5) is 14.3. The Morgan fingerprint density at radius 1 is 1.22 bits per heavy atom. The second-order valence-corrected chi connectivity index (χ2v) is 5.75. The van der Waals surface area contributed by atoms with Crippen molar-refractivity contribution < 1.29 is 22.4 Å². The fraction of sp³-hybridized carbons (Fsp3) is 0.353. The number of rotatable bonds is 4. The van der Waals surface area contributed by atoms with Gasteiger partial charge in [-0.3, -0.25) is 4.79 Å². The van der Waals surface area contributed by atoms with Crippen LogP contribution in [-0.2, 0) is 12.7 Å². The van der Waals surface area contributed by atoms with Crippen molar-refractivity contribution in [1.29, 1.82) is 0 Å². The molecule has 3 nitrogen and oxygen atoms in total. The van der Waals surface area contributed by atoms with Crippen molar-refractivity contribution in [3.63, 3.8) is 0 Å². The maximum absolute atomic E-state index is 12.6. The summed E-state index contributed by atoms with van der Waals surface area (Å²) in [6.07, 6.45) is -1.04. The predicted molar refractivity (Wildman–Crippen MR) is 77.8 cm³/mol. The first-order valence-electron chi connectivity index (χ1n) is 7.37. The Hall–Kier alpha value is -2.24. The SMILES string of the molecule is Cc1occc1C(=O)N(Cc1ccc(C(F)(F)F)cc1)C1CC1. The van der Waals surface area contributed by atoms with Gasteiger partial charge >= 0.3 is 6.18 Å². The van der Waals surface area contributed by atoms with Crippen LogP contribution in [0.4, 0.5) is 13.2 Å². The number of hydrogen-bond donors (Lipinski definition) is 0. The molecule has 0 radical (unpaired) electrons. The van der Waals surface area contributed by atoms with E-state index < -0.39 is 11.7 Å². The molecule has 0 spiro atoms. The number of halogens is 3. The molecule has 0 atom stereocenters. The van der Waals surface area contributed by atoms with E-state index in [2.05, 4.69) is 0 Å². The molecular weight excluding hydrogens is 307 g/mol. The Bertz CT molecular complexity index is 699. The molecule has 0 saturated heterocycles. The zero-order chi connectivity index (χ0) is 16.6. The topological polar surface area (TPSA) is 33.5 Å². The molecule has 1 aromatic carbocycles. The highest BCUT2D eigenvalue weighted by atomic mass is 19.4. The molecule has 2 aromatic rings. The molecule has 1 saturated carbocycles. The van der Waals surface area contributed by atoms with Gasteiger partial charge < -0.3 is 9.32 Å². The molecule has 0 aliphatic heterocycles. The number of benzene rings is 1. The van der Waals surface area contributed by atoms with E-state index in [0.29, 0.717) is 23.4 Å². The van der Waals surface area contributed by atoms with Gasteiger partial charge in [0.15, 0.2) is 0 Å². The Kier molecular flexibility index (Phi) is 3.92. The van der Waals surface area contributed by atoms with Crippen molar-refractivity contribution in [1.82, 2.24) is 4.90 Å². The molecule has 1 aliphatic carbocycles. The van der Waals surface area contributed by atoms with Gasteiger partial charge in [-0.1, -0.05) is 12.1 Å². The molecule has 1 heterocycles. The van der Waals surface area contributed by atoms with E-state index in [1.807, 2.05) is 0 Å². The minimum Gasteiger partial charge on any atom is -0.469 e. The number of carbonyl (C=O) groups excluding carboxylic acids is 1. The monoisotopic (exact) mass is 323 g/mol. The summed E-state index contributed by atoms with van der Waals surface area (Å²) in [6, 6.07) is 6.72. The van der Waals surface area contributed by atoms with Gasteiger partial charge in [-0.25, -0.2) is 0 Å². The van der Waals surface area contributed by atoms with Gasteiger partial charge in [-0.05, 0) is 43.5 Å². The van der Waals surface area contributed by atoms with Crippen molar-refractivity contribution in [2.45, 2.75) is 38.5 Å². The summed E-state index contributed by atoms with van der Waals surface area (Å²) in [6.45, 7) is 2.02. The fourth-order valence-corrected chi connectivity index (χ4v) is 2.51. The quantitative estimate of drug-likeness (QED) is 0.835. The molecule has 23 heavy (non-hydrogen) atoms. The van der Waals surface area contributed by atoms with E-state index in [0.717, 1.165) is 25.0 Å². The smallest absolute Gasteiger partial charge is 0.416 e. The highest BCUT2D eigenvalue weighted by Crippen LogP contribution is 2.32. The van der Waals surface area contributed by atoms with Crippen LogP contribution in [0.1, 0.15) is 40.1 Å². The number of furan rings is 1. The molecule has 1 amide bonds. The zero-order valence-electron chi connectivity index (χ0n) is 12.6. The van der Waals surface area contributed by atoms with Gasteiger partial charge in [0, 0.05) is 12.6 Å². The van der Waals surface area contributed by atoms with Gasteiger partial charge in [0.1, 0.15) is 5.76 Å². The van der Waals surface area contributed by atoms with E-state index in [4.69, 9.17) is 4.42 Å². The largest absolute Gasteiger partial charge is 0.469 e. The average molecular weight is 323 g/mol. The minimum absolute atomic E-state index is 0.140. The van der Waals surface area contributed by atoms with Crippen molar-refractivity contribution in [2.75, 3.05) is 0 Å². The second-order valence-electron chi connectivity index (χ2n) is 5.75. The van der Waals surface area contributed by atoms with Crippen molar-refractivity contribution in [3.05, 3.63) is 59.0 Å². The molecule has 1 aliphatic rings. The Morgan fingerprint density at radius 3 is 2.35 bits per heavy atom. The van der Waals surface area contributed by atoms with E-state index in [1.165, 1.54) is 18.4 Å². The van der Waals surface area contributed by atoms with Gasteiger partial charge in [0.25, 0.3) is 5.91 Å². The lowest BCUT2D eigenvalue weighted by Crippen LogP contribution is -2.32. The van der Waals surface area contributed by atoms with Crippen molar-refractivity contribution in [3.8, 4) is 0 Å². The van der Waals surface area contributed by atoms with Crippen molar-refractivity contribution in [2.24, 2.45) is 0 Å². The Labute approximate surface area is 131 Å². The number of aryl methyl sites for hydroxylation is 1. The van der Waals surface area contributed by atoms with Gasteiger partial charge in [-0.2, -0.15) is 13.2 Å². The molecule has 6 heteroatoms. The molecule has 3 rings (SSSR count). The number of nitrogens with zero attached hydrogens (tertiary/aromatic N) is 1. The maximum atomic E-state index is 12.6. The standard InChI is InChI=1S/C17H16F3NO2/c1-11-15(8-9-23-11)16(22)21(14-6-7-14)10-12-2-4-13(5-3-12)17(18,19)20/h2-5,8-9,14H,6-7,10H2,1H3. The number of hydrogen-bond acceptors (Lipinski definition) is 2. The lowest BCUT2D eigenvalue weighted by atomic mass is 10.1. The molecular formula is C17H16F3NO2. The third kappa shape index (κ3) is 3.41. The first kappa shape index (κ1) is 15.6. The molecule has 122 valence electrons. The van der Waals surface area contributed by atoms with E-state index >= 15 is 0 Å². The van der Waals surface area contributed by atoms with E-state index in [1.54, 1.807) is 17.9 Å². The first-order chi connectivity index (χ1) is 10.9. The molecule has 1 fully saturated rings. The Balaban J connectivity index is 1.78. The highest BCUT2D eigenvalue weighted by Gasteiger charge is 2.34. The third-order valence-corrected chi connectivity index (χ3v) is 3.97. The number of amides is 1. The average Bonchev–Trinajstić information content (AvgIpc) is 3.25. The summed E-state index contributed by atoms with van der Waals surface area (Å²) in [5.74, 6) is 0.409. The summed E-state index contributed by atoms with van der Waals surface area (Å²) < 4.78 is 43.0. The molecule has 0 bridgehead atoms. The van der Waals surface area contributed by atoms with Crippen LogP contribution in [0, 0.1) is 6.92 Å². The van der Waals surface area contributed by atoms with Crippen LogP contribution < -0.4 is 0 Å². The second kappa shape index (κ2) is 5.76.